The molecule has 0 spiro atoms. The minimum Gasteiger partial charge on any atom is -0.497 e. The average molecular weight is 298 g/mol. The molecule has 3 heteroatoms. The summed E-state index contributed by atoms with van der Waals surface area (Å²) in [6.07, 6.45) is 5.20. The third-order valence-corrected chi connectivity index (χ3v) is 4.56. The maximum Gasteiger partial charge on any atom is 0.119 e. The summed E-state index contributed by atoms with van der Waals surface area (Å²) in [4.78, 5) is 0. The highest BCUT2D eigenvalue weighted by Gasteiger charge is 2.26. The molecule has 0 aliphatic heterocycles. The zero-order chi connectivity index (χ0) is 12.3. The third-order valence-electron chi connectivity index (χ3n) is 3.78. The molecule has 0 saturated heterocycles. The molecule has 0 radical (unpaired) electrons. The molecule has 1 aliphatic rings. The first-order chi connectivity index (χ1) is 8.24. The lowest BCUT2D eigenvalue weighted by molar-refractivity contribution is 0.235. The summed E-state index contributed by atoms with van der Waals surface area (Å²) in [5, 5.41) is 3.46. The van der Waals surface area contributed by atoms with E-state index in [1.807, 2.05) is 6.07 Å². The summed E-state index contributed by atoms with van der Waals surface area (Å²) in [5.74, 6) is 1.78. The van der Waals surface area contributed by atoms with Crippen LogP contribution < -0.4 is 10.1 Å². The topological polar surface area (TPSA) is 21.3 Å². The third kappa shape index (κ3) is 3.02. The van der Waals surface area contributed by atoms with Crippen molar-refractivity contribution in [2.75, 3.05) is 14.2 Å². The number of hydrogen-bond donors (Lipinski definition) is 1. The Kier molecular flexibility index (Phi) is 4.46. The molecule has 1 saturated carbocycles. The zero-order valence-electron chi connectivity index (χ0n) is 10.5. The Hall–Kier alpha value is -0.540. The minimum atomic E-state index is 0.590. The molecule has 1 atom stereocenters. The summed E-state index contributed by atoms with van der Waals surface area (Å²) in [6.45, 7) is 0. The molecule has 2 nitrogen and oxygen atoms in total. The average Bonchev–Trinajstić information content (AvgIpc) is 2.28. The van der Waals surface area contributed by atoms with Gasteiger partial charge in [0.05, 0.1) is 7.11 Å². The standard InChI is InChI=1S/C14H20BrNO/c1-16-14(10-4-3-5-10)9-11-8-12(17-2)6-7-13(11)15/h6-8,10,14,16H,3-5,9H2,1-2H3. The van der Waals surface area contributed by atoms with Gasteiger partial charge in [0.25, 0.3) is 0 Å². The van der Waals surface area contributed by atoms with Crippen LogP contribution in [0.1, 0.15) is 24.8 Å². The first-order valence-corrected chi connectivity index (χ1v) is 7.03. The van der Waals surface area contributed by atoms with Gasteiger partial charge in [-0.15, -0.1) is 0 Å². The first-order valence-electron chi connectivity index (χ1n) is 6.24. The van der Waals surface area contributed by atoms with Crippen LogP contribution in [0.4, 0.5) is 0 Å². The quantitative estimate of drug-likeness (QED) is 0.899. The van der Waals surface area contributed by atoms with Gasteiger partial charge in [-0.1, -0.05) is 22.4 Å². The molecule has 94 valence electrons. The normalized spacial score (nSPS) is 17.6. The second kappa shape index (κ2) is 5.87. The number of hydrogen-bond acceptors (Lipinski definition) is 2. The highest BCUT2D eigenvalue weighted by Crippen LogP contribution is 2.32. The first kappa shape index (κ1) is 12.9. The maximum atomic E-state index is 5.28. The monoisotopic (exact) mass is 297 g/mol. The molecule has 1 N–H and O–H groups in total. The Morgan fingerprint density at radius 1 is 1.47 bits per heavy atom. The summed E-state index contributed by atoms with van der Waals surface area (Å²) < 4.78 is 6.46. The van der Waals surface area contributed by atoms with Crippen LogP contribution in [0.3, 0.4) is 0 Å². The van der Waals surface area contributed by atoms with E-state index in [4.69, 9.17) is 4.74 Å². The van der Waals surface area contributed by atoms with Gasteiger partial charge in [0.15, 0.2) is 0 Å². The predicted octanol–water partition coefficient (Wildman–Crippen LogP) is 3.39. The van der Waals surface area contributed by atoms with Crippen molar-refractivity contribution < 1.29 is 4.74 Å². The summed E-state index contributed by atoms with van der Waals surface area (Å²) in [6, 6.07) is 6.78. The van der Waals surface area contributed by atoms with E-state index in [2.05, 4.69) is 40.4 Å². The van der Waals surface area contributed by atoms with Crippen LogP contribution in [0.15, 0.2) is 22.7 Å². The molecule has 0 amide bonds. The molecule has 0 heterocycles. The van der Waals surface area contributed by atoms with Gasteiger partial charge in [-0.25, -0.2) is 0 Å². The lowest BCUT2D eigenvalue weighted by Crippen LogP contribution is -2.39. The fourth-order valence-corrected chi connectivity index (χ4v) is 2.83. The highest BCUT2D eigenvalue weighted by molar-refractivity contribution is 9.10. The van der Waals surface area contributed by atoms with Crippen LogP contribution in [0.25, 0.3) is 0 Å². The fraction of sp³-hybridized carbons (Fsp3) is 0.571. The van der Waals surface area contributed by atoms with Crippen molar-refractivity contribution in [2.24, 2.45) is 5.92 Å². The number of nitrogens with one attached hydrogen (secondary N) is 1. The van der Waals surface area contributed by atoms with Crippen molar-refractivity contribution in [1.82, 2.24) is 5.32 Å². The van der Waals surface area contributed by atoms with E-state index in [1.54, 1.807) is 7.11 Å². The van der Waals surface area contributed by atoms with E-state index in [-0.39, 0.29) is 0 Å². The van der Waals surface area contributed by atoms with E-state index in [0.29, 0.717) is 6.04 Å². The molecule has 1 aromatic carbocycles. The van der Waals surface area contributed by atoms with Crippen molar-refractivity contribution in [2.45, 2.75) is 31.7 Å². The SMILES string of the molecule is CNC(Cc1cc(OC)ccc1Br)C1CCC1. The van der Waals surface area contributed by atoms with Gasteiger partial charge in [0.2, 0.25) is 0 Å². The van der Waals surface area contributed by atoms with Crippen LogP contribution in [-0.2, 0) is 6.42 Å². The molecule has 17 heavy (non-hydrogen) atoms. The number of benzene rings is 1. The van der Waals surface area contributed by atoms with Crippen LogP contribution in [0.5, 0.6) is 5.75 Å². The van der Waals surface area contributed by atoms with Crippen molar-refractivity contribution in [3.63, 3.8) is 0 Å². The van der Waals surface area contributed by atoms with Gasteiger partial charge < -0.3 is 10.1 Å². The summed E-state index contributed by atoms with van der Waals surface area (Å²) >= 11 is 3.62. The molecule has 1 fully saturated rings. The summed E-state index contributed by atoms with van der Waals surface area (Å²) in [5.41, 5.74) is 1.33. The highest BCUT2D eigenvalue weighted by atomic mass is 79.9. The molecule has 1 unspecified atom stereocenters. The smallest absolute Gasteiger partial charge is 0.119 e. The Morgan fingerprint density at radius 3 is 2.76 bits per heavy atom. The van der Waals surface area contributed by atoms with Gasteiger partial charge in [-0.05, 0) is 56.0 Å². The zero-order valence-corrected chi connectivity index (χ0v) is 12.1. The van der Waals surface area contributed by atoms with Crippen molar-refractivity contribution in [3.8, 4) is 5.75 Å². The largest absolute Gasteiger partial charge is 0.497 e. The number of rotatable bonds is 5. The number of halogens is 1. The van der Waals surface area contributed by atoms with E-state index < -0.39 is 0 Å². The number of likely N-dealkylation sites (N-methyl/N-ethyl adjacent to an activating group) is 1. The Balaban J connectivity index is 2.09. The molecular weight excluding hydrogens is 278 g/mol. The minimum absolute atomic E-state index is 0.590. The van der Waals surface area contributed by atoms with Crippen LogP contribution in [-0.4, -0.2) is 20.2 Å². The van der Waals surface area contributed by atoms with Crippen LogP contribution >= 0.6 is 15.9 Å². The van der Waals surface area contributed by atoms with Crippen LogP contribution in [0.2, 0.25) is 0 Å². The fourth-order valence-electron chi connectivity index (χ4n) is 2.42. The molecule has 1 aliphatic carbocycles. The Labute approximate surface area is 112 Å². The Morgan fingerprint density at radius 2 is 2.24 bits per heavy atom. The molecule has 0 aromatic heterocycles. The van der Waals surface area contributed by atoms with E-state index in [9.17, 15) is 0 Å². The molecule has 1 aromatic rings. The maximum absolute atomic E-state index is 5.28. The van der Waals surface area contributed by atoms with Crippen molar-refractivity contribution in [1.29, 1.82) is 0 Å². The lowest BCUT2D eigenvalue weighted by atomic mass is 9.77. The summed E-state index contributed by atoms with van der Waals surface area (Å²) in [7, 11) is 3.78. The van der Waals surface area contributed by atoms with E-state index in [1.165, 1.54) is 29.3 Å². The van der Waals surface area contributed by atoms with Crippen molar-refractivity contribution >= 4 is 15.9 Å². The lowest BCUT2D eigenvalue weighted by Gasteiger charge is -2.34. The van der Waals surface area contributed by atoms with Gasteiger partial charge in [-0.2, -0.15) is 0 Å². The molecule has 0 bridgehead atoms. The van der Waals surface area contributed by atoms with Gasteiger partial charge in [-0.3, -0.25) is 0 Å². The van der Waals surface area contributed by atoms with E-state index in [0.717, 1.165) is 18.1 Å². The van der Waals surface area contributed by atoms with Gasteiger partial charge in [0.1, 0.15) is 5.75 Å². The molecule has 2 rings (SSSR count). The number of ether oxygens (including phenoxy) is 1. The number of methoxy groups -OCH3 is 1. The second-order valence-electron chi connectivity index (χ2n) is 4.75. The van der Waals surface area contributed by atoms with Crippen molar-refractivity contribution in [3.05, 3.63) is 28.2 Å². The predicted molar refractivity (Wildman–Crippen MR) is 74.6 cm³/mol. The second-order valence-corrected chi connectivity index (χ2v) is 5.60. The molecular formula is C14H20BrNO. The van der Waals surface area contributed by atoms with Crippen LogP contribution in [0, 0.1) is 5.92 Å². The van der Waals surface area contributed by atoms with Gasteiger partial charge in [0, 0.05) is 10.5 Å². The Bertz CT molecular complexity index is 376. The van der Waals surface area contributed by atoms with Gasteiger partial charge >= 0.3 is 0 Å². The van der Waals surface area contributed by atoms with E-state index >= 15 is 0 Å².